The Labute approximate surface area is 165 Å². The van der Waals surface area contributed by atoms with Crippen molar-refractivity contribution in [3.05, 3.63) is 59.0 Å². The van der Waals surface area contributed by atoms with Crippen LogP contribution in [0.4, 0.5) is 0 Å². The van der Waals surface area contributed by atoms with E-state index in [-0.39, 0.29) is 17.9 Å². The first-order valence-electron chi connectivity index (χ1n) is 8.86. The summed E-state index contributed by atoms with van der Waals surface area (Å²) in [4.78, 5) is 16.1. The van der Waals surface area contributed by atoms with Gasteiger partial charge in [-0.15, -0.1) is 0 Å². The number of amides is 1. The molecule has 0 atom stereocenters. The molecule has 27 heavy (non-hydrogen) atoms. The topological polar surface area (TPSA) is 78.7 Å². The number of carbonyl (C=O) groups is 1. The fourth-order valence-corrected chi connectivity index (χ4v) is 2.84. The molecular formula is C20H27ClN4O2. The molecule has 0 saturated heterocycles. The summed E-state index contributed by atoms with van der Waals surface area (Å²) in [6.45, 7) is 5.54. The summed E-state index contributed by atoms with van der Waals surface area (Å²) in [6.07, 6.45) is 2.46. The predicted octanol–water partition coefficient (Wildman–Crippen LogP) is 2.98. The van der Waals surface area contributed by atoms with E-state index in [9.17, 15) is 4.79 Å². The number of carbonyl (C=O) groups excluding carboxylic acids is 1. The number of nitrogens with one attached hydrogen (secondary N) is 3. The van der Waals surface area contributed by atoms with Gasteiger partial charge in [-0.1, -0.05) is 37.6 Å². The maximum Gasteiger partial charge on any atom is 0.239 e. The minimum atomic E-state index is -0.132. The molecule has 0 fully saturated rings. The number of halogens is 1. The third-order valence-electron chi connectivity index (χ3n) is 3.99. The van der Waals surface area contributed by atoms with Crippen LogP contribution >= 0.6 is 11.6 Å². The number of hydrogen-bond donors (Lipinski definition) is 3. The number of hydrogen-bond acceptors (Lipinski definition) is 3. The molecule has 1 aromatic carbocycles. The van der Waals surface area contributed by atoms with E-state index in [2.05, 4.69) is 40.9 Å². The maximum absolute atomic E-state index is 11.9. The van der Waals surface area contributed by atoms with Crippen LogP contribution in [0.25, 0.3) is 0 Å². The maximum atomic E-state index is 11.9. The summed E-state index contributed by atoms with van der Waals surface area (Å²) in [7, 11) is 1.68. The molecular weight excluding hydrogens is 364 g/mol. The average molecular weight is 391 g/mol. The van der Waals surface area contributed by atoms with E-state index in [0.717, 1.165) is 11.4 Å². The zero-order valence-electron chi connectivity index (χ0n) is 16.0. The van der Waals surface area contributed by atoms with E-state index in [1.54, 1.807) is 19.4 Å². The van der Waals surface area contributed by atoms with Crippen molar-refractivity contribution >= 4 is 23.5 Å². The number of benzene rings is 1. The van der Waals surface area contributed by atoms with E-state index in [1.807, 2.05) is 24.3 Å². The first kappa shape index (κ1) is 20.8. The zero-order chi connectivity index (χ0) is 19.7. The van der Waals surface area contributed by atoms with Crippen LogP contribution in [0.1, 0.15) is 25.2 Å². The lowest BCUT2D eigenvalue weighted by Crippen LogP contribution is -2.46. The Bertz CT molecular complexity index is 757. The Morgan fingerprint density at radius 1 is 1.19 bits per heavy atom. The van der Waals surface area contributed by atoms with Gasteiger partial charge in [0, 0.05) is 18.6 Å². The van der Waals surface area contributed by atoms with Crippen molar-refractivity contribution in [2.45, 2.75) is 26.8 Å². The van der Waals surface area contributed by atoms with E-state index < -0.39 is 0 Å². The molecule has 0 unspecified atom stereocenters. The third kappa shape index (κ3) is 7.74. The zero-order valence-corrected chi connectivity index (χ0v) is 16.8. The fraction of sp³-hybridized carbons (Fsp3) is 0.400. The lowest BCUT2D eigenvalue weighted by molar-refractivity contribution is -0.120. The van der Waals surface area contributed by atoms with Crippen molar-refractivity contribution in [3.63, 3.8) is 0 Å². The average Bonchev–Trinajstić information content (AvgIpc) is 3.13. The van der Waals surface area contributed by atoms with Crippen molar-refractivity contribution in [2.75, 3.05) is 20.1 Å². The Morgan fingerprint density at radius 2 is 2.00 bits per heavy atom. The van der Waals surface area contributed by atoms with Crippen LogP contribution in [0.2, 0.25) is 5.02 Å². The Balaban J connectivity index is 1.74. The molecule has 0 bridgehead atoms. The third-order valence-corrected chi connectivity index (χ3v) is 4.22. The van der Waals surface area contributed by atoms with Crippen LogP contribution in [-0.4, -0.2) is 32.0 Å². The summed E-state index contributed by atoms with van der Waals surface area (Å²) >= 11 is 6.06. The molecule has 7 heteroatoms. The first-order valence-corrected chi connectivity index (χ1v) is 9.24. The van der Waals surface area contributed by atoms with Gasteiger partial charge in [0.1, 0.15) is 5.76 Å². The van der Waals surface area contributed by atoms with Crippen molar-refractivity contribution < 1.29 is 9.21 Å². The summed E-state index contributed by atoms with van der Waals surface area (Å²) < 4.78 is 5.18. The highest BCUT2D eigenvalue weighted by molar-refractivity contribution is 6.30. The van der Waals surface area contributed by atoms with Gasteiger partial charge in [-0.3, -0.25) is 9.79 Å². The summed E-state index contributed by atoms with van der Waals surface area (Å²) in [5.74, 6) is 1.17. The minimum Gasteiger partial charge on any atom is -0.467 e. The van der Waals surface area contributed by atoms with Crippen molar-refractivity contribution in [2.24, 2.45) is 10.4 Å². The lowest BCUT2D eigenvalue weighted by atomic mass is 9.86. The Kier molecular flexibility index (Phi) is 7.73. The molecule has 0 radical (unpaired) electrons. The second kappa shape index (κ2) is 10.0. The molecule has 6 nitrogen and oxygen atoms in total. The van der Waals surface area contributed by atoms with Gasteiger partial charge >= 0.3 is 0 Å². The Hall–Kier alpha value is -2.47. The highest BCUT2D eigenvalue weighted by Crippen LogP contribution is 2.22. The van der Waals surface area contributed by atoms with Crippen LogP contribution in [0.3, 0.4) is 0 Å². The summed E-state index contributed by atoms with van der Waals surface area (Å²) in [5.41, 5.74) is 1.18. The number of nitrogens with zero attached hydrogens (tertiary/aromatic N) is 1. The summed E-state index contributed by atoms with van der Waals surface area (Å²) in [5, 5.41) is 9.83. The second-order valence-corrected chi connectivity index (χ2v) is 7.54. The molecule has 2 rings (SSSR count). The highest BCUT2D eigenvalue weighted by atomic mass is 35.5. The monoisotopic (exact) mass is 390 g/mol. The van der Waals surface area contributed by atoms with Gasteiger partial charge in [0.25, 0.3) is 0 Å². The van der Waals surface area contributed by atoms with E-state index in [1.165, 1.54) is 5.56 Å². The van der Waals surface area contributed by atoms with E-state index in [4.69, 9.17) is 16.0 Å². The van der Waals surface area contributed by atoms with Gasteiger partial charge in [-0.05, 0) is 41.7 Å². The number of rotatable bonds is 8. The first-order chi connectivity index (χ1) is 12.9. The molecule has 0 aliphatic carbocycles. The standard InChI is InChI=1S/C20H27ClN4O2/c1-20(2,11-15-6-4-7-16(21)10-15)14-25-19(22-3)24-13-18(26)23-12-17-8-5-9-27-17/h4-10H,11-14H2,1-3H3,(H,23,26)(H2,22,24,25). The molecule has 0 aliphatic heterocycles. The molecule has 1 heterocycles. The van der Waals surface area contributed by atoms with Crippen LogP contribution in [0.15, 0.2) is 52.1 Å². The smallest absolute Gasteiger partial charge is 0.239 e. The number of furan rings is 1. The molecule has 0 aliphatic rings. The molecule has 0 spiro atoms. The van der Waals surface area contributed by atoms with Crippen LogP contribution < -0.4 is 16.0 Å². The van der Waals surface area contributed by atoms with Crippen LogP contribution in [0, 0.1) is 5.41 Å². The Morgan fingerprint density at radius 3 is 2.67 bits per heavy atom. The van der Waals surface area contributed by atoms with E-state index in [0.29, 0.717) is 24.8 Å². The molecule has 1 amide bonds. The van der Waals surface area contributed by atoms with Gasteiger partial charge in [-0.2, -0.15) is 0 Å². The van der Waals surface area contributed by atoms with Crippen molar-refractivity contribution in [1.29, 1.82) is 0 Å². The summed E-state index contributed by atoms with van der Waals surface area (Å²) in [6, 6.07) is 11.5. The quantitative estimate of drug-likeness (QED) is 0.478. The SMILES string of the molecule is CN=C(NCC(=O)NCc1ccco1)NCC(C)(C)Cc1cccc(Cl)c1. The van der Waals surface area contributed by atoms with Crippen molar-refractivity contribution in [1.82, 2.24) is 16.0 Å². The van der Waals surface area contributed by atoms with Gasteiger partial charge in [-0.25, -0.2) is 0 Å². The number of guanidine groups is 1. The van der Waals surface area contributed by atoms with Crippen molar-refractivity contribution in [3.8, 4) is 0 Å². The van der Waals surface area contributed by atoms with Gasteiger partial charge < -0.3 is 20.4 Å². The highest BCUT2D eigenvalue weighted by Gasteiger charge is 2.19. The largest absolute Gasteiger partial charge is 0.467 e. The molecule has 1 aromatic heterocycles. The van der Waals surface area contributed by atoms with Gasteiger partial charge in [0.05, 0.1) is 19.4 Å². The van der Waals surface area contributed by atoms with Gasteiger partial charge in [0.15, 0.2) is 5.96 Å². The van der Waals surface area contributed by atoms with E-state index >= 15 is 0 Å². The lowest BCUT2D eigenvalue weighted by Gasteiger charge is -2.26. The molecule has 146 valence electrons. The van der Waals surface area contributed by atoms with Crippen LogP contribution in [0.5, 0.6) is 0 Å². The van der Waals surface area contributed by atoms with Crippen LogP contribution in [-0.2, 0) is 17.8 Å². The van der Waals surface area contributed by atoms with Gasteiger partial charge in [0.2, 0.25) is 5.91 Å². The predicted molar refractivity (Wildman–Crippen MR) is 109 cm³/mol. The molecule has 3 N–H and O–H groups in total. The molecule has 0 saturated carbocycles. The normalized spacial score (nSPS) is 11.9. The second-order valence-electron chi connectivity index (χ2n) is 7.11. The fourth-order valence-electron chi connectivity index (χ4n) is 2.63. The molecule has 2 aromatic rings. The number of aliphatic imine (C=N–C) groups is 1. The minimum absolute atomic E-state index is 0.0101.